The Kier molecular flexibility index (Phi) is 3.62. The van der Waals surface area contributed by atoms with E-state index in [2.05, 4.69) is 54.8 Å². The van der Waals surface area contributed by atoms with Crippen molar-refractivity contribution < 1.29 is 20.1 Å². The van der Waals surface area contributed by atoms with Crippen molar-refractivity contribution in [1.82, 2.24) is 9.88 Å². The van der Waals surface area contributed by atoms with E-state index in [1.54, 1.807) is 0 Å². The minimum Gasteiger partial charge on any atom is -0.510 e. The summed E-state index contributed by atoms with van der Waals surface area (Å²) in [5, 5.41) is 0. The average Bonchev–Trinajstić information content (AvgIpc) is 3.01. The summed E-state index contributed by atoms with van der Waals surface area (Å²) in [6, 6.07) is 9.71. The number of hydrogen-bond acceptors (Lipinski definition) is 3. The first-order valence-corrected chi connectivity index (χ1v) is 7.12. The van der Waals surface area contributed by atoms with Crippen LogP contribution in [0.5, 0.6) is 0 Å². The predicted molar refractivity (Wildman–Crippen MR) is 84.3 cm³/mol. The predicted octanol–water partition coefficient (Wildman–Crippen LogP) is 3.53. The molecule has 4 heteroatoms. The molecule has 0 N–H and O–H groups in total. The normalized spacial score (nSPS) is 17.2. The zero-order valence-electron chi connectivity index (χ0n) is 12.8. The van der Waals surface area contributed by atoms with E-state index in [4.69, 9.17) is 0 Å². The van der Waals surface area contributed by atoms with Gasteiger partial charge >= 0.3 is 0 Å². The van der Waals surface area contributed by atoms with Gasteiger partial charge in [-0.3, -0.25) is 4.98 Å². The third kappa shape index (κ3) is 2.02. The fraction of sp³-hybridized carbons (Fsp3) is 0.222. The molecular formula is C18H17IrN3-2. The van der Waals surface area contributed by atoms with Gasteiger partial charge in [0.1, 0.15) is 0 Å². The second kappa shape index (κ2) is 5.22. The Balaban J connectivity index is 0.00000144. The van der Waals surface area contributed by atoms with Gasteiger partial charge in [0.25, 0.3) is 0 Å². The number of nitrogens with zero attached hydrogens (tertiary/aromatic N) is 3. The molecule has 3 nitrogen and oxygen atoms in total. The van der Waals surface area contributed by atoms with E-state index >= 15 is 0 Å². The second-order valence-electron chi connectivity index (χ2n) is 6.15. The largest absolute Gasteiger partial charge is 0.510 e. The summed E-state index contributed by atoms with van der Waals surface area (Å²) in [7, 11) is 2.03. The number of anilines is 1. The van der Waals surface area contributed by atoms with Gasteiger partial charge in [-0.1, -0.05) is 13.8 Å². The zero-order chi connectivity index (χ0) is 14.6. The summed E-state index contributed by atoms with van der Waals surface area (Å²) < 4.78 is 0. The van der Waals surface area contributed by atoms with E-state index in [9.17, 15) is 0 Å². The van der Waals surface area contributed by atoms with Crippen LogP contribution in [0.25, 0.3) is 11.1 Å². The van der Waals surface area contributed by atoms with Crippen LogP contribution in [-0.4, -0.2) is 16.9 Å². The van der Waals surface area contributed by atoms with E-state index in [1.165, 1.54) is 22.3 Å². The first-order chi connectivity index (χ1) is 10.1. The number of fused-ring (bicyclic) bond motifs is 3. The van der Waals surface area contributed by atoms with Crippen molar-refractivity contribution in [1.29, 1.82) is 0 Å². The Morgan fingerprint density at radius 1 is 1.18 bits per heavy atom. The molecule has 0 spiro atoms. The van der Waals surface area contributed by atoms with Crippen LogP contribution in [0.4, 0.5) is 5.69 Å². The third-order valence-electron chi connectivity index (χ3n) is 4.41. The van der Waals surface area contributed by atoms with Crippen molar-refractivity contribution in [3.05, 3.63) is 66.9 Å². The van der Waals surface area contributed by atoms with Gasteiger partial charge in [0, 0.05) is 32.5 Å². The molecule has 0 atom stereocenters. The van der Waals surface area contributed by atoms with Gasteiger partial charge in [0.15, 0.2) is 0 Å². The first-order valence-electron chi connectivity index (χ1n) is 7.12. The molecular weight excluding hydrogens is 450 g/mol. The van der Waals surface area contributed by atoms with Gasteiger partial charge in [-0.2, -0.15) is 24.9 Å². The fourth-order valence-corrected chi connectivity index (χ4v) is 3.39. The summed E-state index contributed by atoms with van der Waals surface area (Å²) in [5.74, 6) is 0. The molecule has 22 heavy (non-hydrogen) atoms. The molecule has 1 aromatic heterocycles. The summed E-state index contributed by atoms with van der Waals surface area (Å²) in [5.41, 5.74) is 6.25. The van der Waals surface area contributed by atoms with Gasteiger partial charge in [-0.05, 0) is 42.1 Å². The van der Waals surface area contributed by atoms with Gasteiger partial charge < -0.3 is 9.80 Å². The Morgan fingerprint density at radius 3 is 2.73 bits per heavy atom. The number of rotatable bonds is 1. The van der Waals surface area contributed by atoms with E-state index in [0.717, 1.165) is 5.69 Å². The Hall–Kier alpha value is -1.64. The molecule has 2 aliphatic rings. The SMILES string of the molecule is CN1C=CN(c2[c-]ccc3c2C(C)(C)c2cnccc2-3)[CH-]1.[Ir]. The molecule has 0 bridgehead atoms. The number of hydrogen-bond donors (Lipinski definition) is 0. The number of pyridine rings is 1. The minimum absolute atomic E-state index is 0. The first kappa shape index (κ1) is 15.3. The van der Waals surface area contributed by atoms with Crippen molar-refractivity contribution >= 4 is 5.69 Å². The van der Waals surface area contributed by atoms with Crippen LogP contribution in [0.1, 0.15) is 25.0 Å². The molecule has 4 rings (SSSR count). The number of aromatic nitrogens is 1. The molecule has 1 aliphatic carbocycles. The van der Waals surface area contributed by atoms with Gasteiger partial charge in [-0.25, -0.2) is 0 Å². The van der Waals surface area contributed by atoms with Crippen molar-refractivity contribution in [2.75, 3.05) is 11.9 Å². The van der Waals surface area contributed by atoms with Crippen LogP contribution in [-0.2, 0) is 25.5 Å². The fourth-order valence-electron chi connectivity index (χ4n) is 3.39. The van der Waals surface area contributed by atoms with E-state index < -0.39 is 0 Å². The Labute approximate surface area is 145 Å². The van der Waals surface area contributed by atoms with Crippen LogP contribution in [0.3, 0.4) is 0 Å². The number of benzene rings is 1. The molecule has 0 saturated heterocycles. The van der Waals surface area contributed by atoms with Crippen molar-refractivity contribution in [3.8, 4) is 11.1 Å². The molecule has 0 fully saturated rings. The van der Waals surface area contributed by atoms with Crippen molar-refractivity contribution in [2.45, 2.75) is 19.3 Å². The standard InChI is InChI=1S/C18H17N3.Ir/c1-18(2)15-11-19-8-7-13(15)14-5-4-6-16(17(14)18)21-10-9-20(3)12-21;/h4-5,7-12H,1-3H3;/q-2;. The Bertz CT molecular complexity index is 752. The third-order valence-corrected chi connectivity index (χ3v) is 4.41. The summed E-state index contributed by atoms with van der Waals surface area (Å²) in [6.45, 7) is 6.60. The van der Waals surface area contributed by atoms with Crippen molar-refractivity contribution in [2.24, 2.45) is 0 Å². The Morgan fingerprint density at radius 2 is 2.00 bits per heavy atom. The molecule has 2 aromatic rings. The maximum atomic E-state index is 4.32. The minimum atomic E-state index is -0.0607. The topological polar surface area (TPSA) is 19.4 Å². The molecule has 1 radical (unpaired) electrons. The molecule has 2 heterocycles. The van der Waals surface area contributed by atoms with Crippen LogP contribution in [0, 0.1) is 12.7 Å². The molecule has 1 aliphatic heterocycles. The van der Waals surface area contributed by atoms with Crippen molar-refractivity contribution in [3.63, 3.8) is 0 Å². The monoisotopic (exact) mass is 468 g/mol. The van der Waals surface area contributed by atoms with E-state index in [-0.39, 0.29) is 25.5 Å². The van der Waals surface area contributed by atoms with Crippen LogP contribution >= 0.6 is 0 Å². The van der Waals surface area contributed by atoms with E-state index in [1.807, 2.05) is 36.6 Å². The quantitative estimate of drug-likeness (QED) is 0.599. The summed E-state index contributed by atoms with van der Waals surface area (Å²) >= 11 is 0. The van der Waals surface area contributed by atoms with Gasteiger partial charge in [-0.15, -0.1) is 16.8 Å². The summed E-state index contributed by atoms with van der Waals surface area (Å²) in [4.78, 5) is 8.50. The van der Waals surface area contributed by atoms with E-state index in [0.29, 0.717) is 0 Å². The second-order valence-corrected chi connectivity index (χ2v) is 6.15. The molecule has 0 saturated carbocycles. The molecule has 115 valence electrons. The summed E-state index contributed by atoms with van der Waals surface area (Å²) in [6.07, 6.45) is 7.98. The molecule has 0 amide bonds. The molecule has 0 unspecified atom stereocenters. The zero-order valence-corrected chi connectivity index (χ0v) is 15.2. The average molecular weight is 468 g/mol. The van der Waals surface area contributed by atoms with Gasteiger partial charge in [0.05, 0.1) is 0 Å². The smallest absolute Gasteiger partial charge is 0.0303 e. The molecule has 1 aromatic carbocycles. The van der Waals surface area contributed by atoms with Crippen LogP contribution in [0.15, 0.2) is 43.0 Å². The van der Waals surface area contributed by atoms with Gasteiger partial charge in [0.2, 0.25) is 0 Å². The van der Waals surface area contributed by atoms with Crippen LogP contribution in [0.2, 0.25) is 0 Å². The maximum Gasteiger partial charge on any atom is 0.0303 e. The van der Waals surface area contributed by atoms with Crippen LogP contribution < -0.4 is 4.90 Å². The maximum absolute atomic E-state index is 4.32.